The van der Waals surface area contributed by atoms with Gasteiger partial charge in [0.15, 0.2) is 0 Å². The average molecular weight is 294 g/mol. The van der Waals surface area contributed by atoms with Gasteiger partial charge in [0.1, 0.15) is 11.4 Å². The van der Waals surface area contributed by atoms with Crippen LogP contribution in [0.1, 0.15) is 17.3 Å². The SMILES string of the molecule is CCOC(=O)c1cc(N)cnc1N1CCN(CCO)CC1. The van der Waals surface area contributed by atoms with Crippen molar-refractivity contribution in [2.75, 3.05) is 56.6 Å². The van der Waals surface area contributed by atoms with E-state index in [2.05, 4.69) is 14.8 Å². The van der Waals surface area contributed by atoms with Gasteiger partial charge in [-0.05, 0) is 13.0 Å². The van der Waals surface area contributed by atoms with E-state index in [-0.39, 0.29) is 6.61 Å². The van der Waals surface area contributed by atoms with E-state index in [1.54, 1.807) is 19.2 Å². The van der Waals surface area contributed by atoms with Gasteiger partial charge in [-0.2, -0.15) is 0 Å². The number of pyridine rings is 1. The Bertz CT molecular complexity index is 487. The normalized spacial score (nSPS) is 16.0. The maximum atomic E-state index is 12.0. The molecule has 2 rings (SSSR count). The molecule has 0 atom stereocenters. The summed E-state index contributed by atoms with van der Waals surface area (Å²) in [5.41, 5.74) is 6.58. The molecule has 0 aliphatic carbocycles. The predicted octanol–water partition coefficient (Wildman–Crippen LogP) is -0.0452. The molecule has 7 nitrogen and oxygen atoms in total. The molecule has 1 fully saturated rings. The lowest BCUT2D eigenvalue weighted by atomic mass is 10.2. The fourth-order valence-electron chi connectivity index (χ4n) is 2.41. The fraction of sp³-hybridized carbons (Fsp3) is 0.571. The van der Waals surface area contributed by atoms with Crippen molar-refractivity contribution < 1.29 is 14.6 Å². The molecule has 0 aromatic carbocycles. The third-order valence-electron chi connectivity index (χ3n) is 3.47. The Morgan fingerprint density at radius 2 is 2.14 bits per heavy atom. The maximum Gasteiger partial charge on any atom is 0.341 e. The van der Waals surface area contributed by atoms with E-state index in [1.165, 1.54) is 0 Å². The van der Waals surface area contributed by atoms with Gasteiger partial charge in [0.25, 0.3) is 0 Å². The lowest BCUT2D eigenvalue weighted by molar-refractivity contribution is 0.0526. The summed E-state index contributed by atoms with van der Waals surface area (Å²) in [5.74, 6) is 0.219. The van der Waals surface area contributed by atoms with Gasteiger partial charge in [-0.25, -0.2) is 9.78 Å². The molecule has 2 heterocycles. The number of nitrogens with zero attached hydrogens (tertiary/aromatic N) is 3. The number of nitrogen functional groups attached to an aromatic ring is 1. The number of hydrogen-bond acceptors (Lipinski definition) is 7. The van der Waals surface area contributed by atoms with E-state index in [0.717, 1.165) is 26.2 Å². The maximum absolute atomic E-state index is 12.0. The molecule has 0 radical (unpaired) electrons. The molecule has 0 unspecified atom stereocenters. The summed E-state index contributed by atoms with van der Waals surface area (Å²) in [6.07, 6.45) is 1.55. The molecular formula is C14H22N4O3. The van der Waals surface area contributed by atoms with Crippen molar-refractivity contribution in [3.05, 3.63) is 17.8 Å². The Morgan fingerprint density at radius 3 is 2.76 bits per heavy atom. The number of carbonyl (C=O) groups is 1. The molecule has 1 saturated heterocycles. The van der Waals surface area contributed by atoms with Gasteiger partial charge in [-0.15, -0.1) is 0 Å². The molecule has 21 heavy (non-hydrogen) atoms. The number of aliphatic hydroxyl groups excluding tert-OH is 1. The van der Waals surface area contributed by atoms with Crippen LogP contribution in [0.25, 0.3) is 0 Å². The summed E-state index contributed by atoms with van der Waals surface area (Å²) < 4.78 is 5.07. The molecule has 1 aromatic rings. The third-order valence-corrected chi connectivity index (χ3v) is 3.47. The van der Waals surface area contributed by atoms with E-state index in [9.17, 15) is 4.79 Å². The van der Waals surface area contributed by atoms with Crippen LogP contribution < -0.4 is 10.6 Å². The van der Waals surface area contributed by atoms with Crippen LogP contribution in [-0.4, -0.2) is 66.9 Å². The molecular weight excluding hydrogens is 272 g/mol. The molecule has 116 valence electrons. The Balaban J connectivity index is 2.14. The number of anilines is 2. The number of piperazine rings is 1. The summed E-state index contributed by atoms with van der Waals surface area (Å²) in [6, 6.07) is 1.61. The van der Waals surface area contributed by atoms with Crippen molar-refractivity contribution >= 4 is 17.5 Å². The minimum Gasteiger partial charge on any atom is -0.462 e. The minimum absolute atomic E-state index is 0.161. The van der Waals surface area contributed by atoms with E-state index < -0.39 is 5.97 Å². The molecule has 3 N–H and O–H groups in total. The first kappa shape index (κ1) is 15.5. The van der Waals surface area contributed by atoms with Crippen LogP contribution in [0, 0.1) is 0 Å². The largest absolute Gasteiger partial charge is 0.462 e. The highest BCUT2D eigenvalue weighted by molar-refractivity contribution is 5.95. The molecule has 1 aliphatic heterocycles. The second-order valence-corrected chi connectivity index (χ2v) is 4.91. The number of esters is 1. The first-order valence-corrected chi connectivity index (χ1v) is 7.16. The van der Waals surface area contributed by atoms with Crippen molar-refractivity contribution in [3.63, 3.8) is 0 Å². The van der Waals surface area contributed by atoms with Crippen molar-refractivity contribution in [1.82, 2.24) is 9.88 Å². The Morgan fingerprint density at radius 1 is 1.43 bits per heavy atom. The highest BCUT2D eigenvalue weighted by Gasteiger charge is 2.23. The monoisotopic (exact) mass is 294 g/mol. The predicted molar refractivity (Wildman–Crippen MR) is 80.3 cm³/mol. The van der Waals surface area contributed by atoms with Gasteiger partial charge in [-0.1, -0.05) is 0 Å². The highest BCUT2D eigenvalue weighted by atomic mass is 16.5. The average Bonchev–Trinajstić information content (AvgIpc) is 2.49. The second kappa shape index (κ2) is 7.24. The third kappa shape index (κ3) is 3.83. The standard InChI is InChI=1S/C14H22N4O3/c1-2-21-14(20)12-9-11(15)10-16-13(12)18-5-3-17(4-6-18)7-8-19/h9-10,19H,2-8,15H2,1H3. The Labute approximate surface area is 124 Å². The minimum atomic E-state index is -0.398. The van der Waals surface area contributed by atoms with Crippen LogP contribution in [0.2, 0.25) is 0 Å². The smallest absolute Gasteiger partial charge is 0.341 e. The quantitative estimate of drug-likeness (QED) is 0.736. The summed E-state index contributed by atoms with van der Waals surface area (Å²) in [4.78, 5) is 20.6. The van der Waals surface area contributed by atoms with E-state index in [1.807, 2.05) is 0 Å². The number of carbonyl (C=O) groups excluding carboxylic acids is 1. The zero-order chi connectivity index (χ0) is 15.2. The van der Waals surface area contributed by atoms with Crippen LogP contribution in [0.5, 0.6) is 0 Å². The topological polar surface area (TPSA) is 91.9 Å². The first-order valence-electron chi connectivity index (χ1n) is 7.16. The number of ether oxygens (including phenoxy) is 1. The molecule has 0 saturated carbocycles. The van der Waals surface area contributed by atoms with Gasteiger partial charge in [0.2, 0.25) is 0 Å². The second-order valence-electron chi connectivity index (χ2n) is 4.91. The summed E-state index contributed by atoms with van der Waals surface area (Å²) in [6.45, 7) is 6.08. The number of hydrogen-bond donors (Lipinski definition) is 2. The van der Waals surface area contributed by atoms with Gasteiger partial charge in [0.05, 0.1) is 25.1 Å². The zero-order valence-corrected chi connectivity index (χ0v) is 12.3. The van der Waals surface area contributed by atoms with E-state index in [4.69, 9.17) is 15.6 Å². The number of aromatic nitrogens is 1. The van der Waals surface area contributed by atoms with Crippen molar-refractivity contribution in [1.29, 1.82) is 0 Å². The van der Waals surface area contributed by atoms with Crippen LogP contribution >= 0.6 is 0 Å². The van der Waals surface area contributed by atoms with Crippen LogP contribution in [0.15, 0.2) is 12.3 Å². The Hall–Kier alpha value is -1.86. The van der Waals surface area contributed by atoms with Gasteiger partial charge in [0, 0.05) is 32.7 Å². The molecule has 1 aromatic heterocycles. The summed E-state index contributed by atoms with van der Waals surface area (Å²) in [5, 5.41) is 8.97. The Kier molecular flexibility index (Phi) is 5.35. The van der Waals surface area contributed by atoms with Gasteiger partial charge in [-0.3, -0.25) is 4.90 Å². The van der Waals surface area contributed by atoms with Crippen LogP contribution in [0.3, 0.4) is 0 Å². The molecule has 7 heteroatoms. The molecule has 0 amide bonds. The van der Waals surface area contributed by atoms with Gasteiger partial charge >= 0.3 is 5.97 Å². The summed E-state index contributed by atoms with van der Waals surface area (Å²) >= 11 is 0. The van der Waals surface area contributed by atoms with Crippen LogP contribution in [-0.2, 0) is 4.74 Å². The number of β-amino-alcohol motifs (C(OH)–C–C–N with tert-alkyl or cyclic N) is 1. The molecule has 0 bridgehead atoms. The zero-order valence-electron chi connectivity index (χ0n) is 12.3. The summed E-state index contributed by atoms with van der Waals surface area (Å²) in [7, 11) is 0. The fourth-order valence-corrected chi connectivity index (χ4v) is 2.41. The lowest BCUT2D eigenvalue weighted by Gasteiger charge is -2.35. The highest BCUT2D eigenvalue weighted by Crippen LogP contribution is 2.22. The van der Waals surface area contributed by atoms with Crippen molar-refractivity contribution in [2.24, 2.45) is 0 Å². The first-order chi connectivity index (χ1) is 10.2. The lowest BCUT2D eigenvalue weighted by Crippen LogP contribution is -2.47. The van der Waals surface area contributed by atoms with Crippen molar-refractivity contribution in [2.45, 2.75) is 6.92 Å². The number of aliphatic hydroxyl groups is 1. The van der Waals surface area contributed by atoms with Gasteiger partial charge < -0.3 is 20.5 Å². The van der Waals surface area contributed by atoms with Crippen molar-refractivity contribution in [3.8, 4) is 0 Å². The van der Waals surface area contributed by atoms with E-state index in [0.29, 0.717) is 30.2 Å². The number of nitrogens with two attached hydrogens (primary N) is 1. The van der Waals surface area contributed by atoms with E-state index >= 15 is 0 Å². The number of rotatable bonds is 5. The molecule has 0 spiro atoms. The van der Waals surface area contributed by atoms with Crippen LogP contribution in [0.4, 0.5) is 11.5 Å². The molecule has 1 aliphatic rings.